The molecule has 33 heavy (non-hydrogen) atoms. The predicted octanol–water partition coefficient (Wildman–Crippen LogP) is 4.93. The molecule has 0 saturated carbocycles. The number of carbonyl (C=O) groups is 1. The minimum atomic E-state index is 0.104. The van der Waals surface area contributed by atoms with Crippen LogP contribution in [0.2, 0.25) is 0 Å². The summed E-state index contributed by atoms with van der Waals surface area (Å²) in [5.41, 5.74) is 3.29. The van der Waals surface area contributed by atoms with Gasteiger partial charge in [0.2, 0.25) is 0 Å². The van der Waals surface area contributed by atoms with E-state index in [0.717, 1.165) is 82.8 Å². The van der Waals surface area contributed by atoms with Crippen molar-refractivity contribution in [3.05, 3.63) is 65.2 Å². The Bertz CT molecular complexity index is 904. The number of likely N-dealkylation sites (N-methyl/N-ethyl adjacent to an activating group) is 1. The van der Waals surface area contributed by atoms with Crippen molar-refractivity contribution in [1.29, 1.82) is 0 Å². The van der Waals surface area contributed by atoms with Crippen LogP contribution in [0.25, 0.3) is 0 Å². The van der Waals surface area contributed by atoms with Gasteiger partial charge in [-0.3, -0.25) is 9.69 Å². The van der Waals surface area contributed by atoms with Crippen molar-refractivity contribution in [2.24, 2.45) is 5.41 Å². The maximum absolute atomic E-state index is 13.0. The number of amides is 1. The standard InChI is InChI=1S/C28H38N2O3/c1-23-9-11-24(12-10-23)27(31)30-16-14-28(15-17-30)13-5-6-19-32-20-18-29(2)21-25-7-3-4-8-26(25)33-22-28/h3-4,7-12H,5-6,13-22H2,1-2H3. The van der Waals surface area contributed by atoms with E-state index >= 15 is 0 Å². The van der Waals surface area contributed by atoms with Gasteiger partial charge in [-0.1, -0.05) is 42.3 Å². The van der Waals surface area contributed by atoms with Crippen LogP contribution in [0.3, 0.4) is 0 Å². The summed E-state index contributed by atoms with van der Waals surface area (Å²) in [6.45, 7) is 7.69. The van der Waals surface area contributed by atoms with Crippen LogP contribution >= 0.6 is 0 Å². The summed E-state index contributed by atoms with van der Waals surface area (Å²) in [5.74, 6) is 1.13. The van der Waals surface area contributed by atoms with Crippen molar-refractivity contribution in [2.45, 2.75) is 45.6 Å². The molecule has 0 aliphatic carbocycles. The van der Waals surface area contributed by atoms with Gasteiger partial charge in [-0.05, 0) is 57.9 Å². The van der Waals surface area contributed by atoms with Gasteiger partial charge in [0.1, 0.15) is 5.75 Å². The average Bonchev–Trinajstić information content (AvgIpc) is 2.83. The van der Waals surface area contributed by atoms with E-state index in [-0.39, 0.29) is 11.3 Å². The number of hydrogen-bond donors (Lipinski definition) is 0. The molecule has 1 saturated heterocycles. The molecule has 2 aromatic carbocycles. The third kappa shape index (κ3) is 6.36. The summed E-state index contributed by atoms with van der Waals surface area (Å²) in [6, 6.07) is 16.3. The molecule has 4 rings (SSSR count). The normalized spacial score (nSPS) is 20.5. The van der Waals surface area contributed by atoms with Gasteiger partial charge in [-0.15, -0.1) is 0 Å². The molecule has 2 aromatic rings. The van der Waals surface area contributed by atoms with E-state index in [1.807, 2.05) is 36.1 Å². The van der Waals surface area contributed by atoms with Gasteiger partial charge in [0.05, 0.1) is 13.2 Å². The van der Waals surface area contributed by atoms with Gasteiger partial charge in [-0.25, -0.2) is 0 Å². The lowest BCUT2D eigenvalue weighted by Crippen LogP contribution is -2.45. The molecule has 0 unspecified atom stereocenters. The average molecular weight is 451 g/mol. The molecule has 0 atom stereocenters. The number of aryl methyl sites for hydroxylation is 1. The number of para-hydroxylation sites is 1. The third-order valence-electron chi connectivity index (χ3n) is 7.22. The topological polar surface area (TPSA) is 42.0 Å². The fourth-order valence-corrected chi connectivity index (χ4v) is 4.93. The number of benzene rings is 2. The summed E-state index contributed by atoms with van der Waals surface area (Å²) in [4.78, 5) is 17.3. The zero-order valence-corrected chi connectivity index (χ0v) is 20.2. The molecule has 178 valence electrons. The summed E-state index contributed by atoms with van der Waals surface area (Å²) < 4.78 is 12.4. The number of ether oxygens (including phenoxy) is 2. The van der Waals surface area contributed by atoms with Crippen LogP contribution in [0.4, 0.5) is 0 Å². The Hall–Kier alpha value is -2.37. The summed E-state index contributed by atoms with van der Waals surface area (Å²) >= 11 is 0. The number of likely N-dealkylation sites (tertiary alicyclic amines) is 1. The van der Waals surface area contributed by atoms with Gasteiger partial charge in [0.15, 0.2) is 0 Å². The molecule has 0 aromatic heterocycles. The van der Waals surface area contributed by atoms with Crippen LogP contribution in [-0.2, 0) is 11.3 Å². The van der Waals surface area contributed by atoms with Crippen molar-refractivity contribution in [2.75, 3.05) is 46.5 Å². The third-order valence-corrected chi connectivity index (χ3v) is 7.22. The number of nitrogens with zero attached hydrogens (tertiary/aromatic N) is 2. The number of carbonyl (C=O) groups excluding carboxylic acids is 1. The fraction of sp³-hybridized carbons (Fsp3) is 0.536. The van der Waals surface area contributed by atoms with Crippen molar-refractivity contribution >= 4 is 5.91 Å². The molecule has 1 amide bonds. The molecule has 5 nitrogen and oxygen atoms in total. The highest BCUT2D eigenvalue weighted by molar-refractivity contribution is 5.94. The zero-order chi connectivity index (χ0) is 23.1. The monoisotopic (exact) mass is 450 g/mol. The molecule has 1 fully saturated rings. The summed E-state index contributed by atoms with van der Waals surface area (Å²) in [7, 11) is 2.13. The van der Waals surface area contributed by atoms with E-state index in [9.17, 15) is 4.79 Å². The number of fused-ring (bicyclic) bond motifs is 1. The molecule has 2 aliphatic rings. The Balaban J connectivity index is 1.45. The van der Waals surface area contributed by atoms with Crippen molar-refractivity contribution in [3.63, 3.8) is 0 Å². The van der Waals surface area contributed by atoms with Crippen molar-refractivity contribution in [1.82, 2.24) is 9.80 Å². The highest BCUT2D eigenvalue weighted by Gasteiger charge is 2.36. The molecule has 5 heteroatoms. The van der Waals surface area contributed by atoms with Gasteiger partial charge >= 0.3 is 0 Å². The van der Waals surface area contributed by atoms with E-state index < -0.39 is 0 Å². The maximum Gasteiger partial charge on any atom is 0.253 e. The Morgan fingerprint density at radius 3 is 2.45 bits per heavy atom. The molecule has 0 N–H and O–H groups in total. The van der Waals surface area contributed by atoms with Gasteiger partial charge in [-0.2, -0.15) is 0 Å². The van der Waals surface area contributed by atoms with E-state index in [1.54, 1.807) is 0 Å². The number of rotatable bonds is 1. The van der Waals surface area contributed by atoms with E-state index in [1.165, 1.54) is 11.1 Å². The highest BCUT2D eigenvalue weighted by Crippen LogP contribution is 2.38. The first kappa shape index (κ1) is 23.8. The van der Waals surface area contributed by atoms with Crippen LogP contribution in [0.15, 0.2) is 48.5 Å². The molecular formula is C28H38N2O3. The first-order valence-electron chi connectivity index (χ1n) is 12.4. The molecule has 0 bridgehead atoms. The second-order valence-electron chi connectivity index (χ2n) is 9.86. The van der Waals surface area contributed by atoms with Crippen LogP contribution in [0.5, 0.6) is 5.75 Å². The fourth-order valence-electron chi connectivity index (χ4n) is 4.93. The SMILES string of the molecule is Cc1ccc(C(=O)N2CCC3(CCCCOCCN(C)Cc4ccccc4OC3)CC2)cc1. The summed E-state index contributed by atoms with van der Waals surface area (Å²) in [6.07, 6.45) is 5.28. The van der Waals surface area contributed by atoms with Gasteiger partial charge in [0.25, 0.3) is 5.91 Å². The lowest BCUT2D eigenvalue weighted by atomic mass is 9.75. The second-order valence-corrected chi connectivity index (χ2v) is 9.86. The van der Waals surface area contributed by atoms with Crippen LogP contribution in [-0.4, -0.2) is 62.2 Å². The second kappa shape index (κ2) is 11.2. The minimum absolute atomic E-state index is 0.104. The maximum atomic E-state index is 13.0. The lowest BCUT2D eigenvalue weighted by Gasteiger charge is -2.42. The largest absolute Gasteiger partial charge is 0.493 e. The van der Waals surface area contributed by atoms with Crippen molar-refractivity contribution < 1.29 is 14.3 Å². The van der Waals surface area contributed by atoms with Crippen LogP contribution < -0.4 is 4.74 Å². The smallest absolute Gasteiger partial charge is 0.253 e. The lowest BCUT2D eigenvalue weighted by molar-refractivity contribution is 0.0333. The quantitative estimate of drug-likeness (QED) is 0.618. The molecule has 0 radical (unpaired) electrons. The Morgan fingerprint density at radius 2 is 1.67 bits per heavy atom. The van der Waals surface area contributed by atoms with Gasteiger partial charge < -0.3 is 14.4 Å². The zero-order valence-electron chi connectivity index (χ0n) is 20.2. The Labute approximate surface area is 198 Å². The minimum Gasteiger partial charge on any atom is -0.493 e. The first-order chi connectivity index (χ1) is 16.0. The van der Waals surface area contributed by atoms with E-state index in [4.69, 9.17) is 9.47 Å². The summed E-state index contributed by atoms with van der Waals surface area (Å²) in [5, 5.41) is 0. The molecule has 2 aliphatic heterocycles. The molecule has 2 heterocycles. The predicted molar refractivity (Wildman–Crippen MR) is 132 cm³/mol. The van der Waals surface area contributed by atoms with Crippen LogP contribution in [0.1, 0.15) is 53.6 Å². The highest BCUT2D eigenvalue weighted by atomic mass is 16.5. The van der Waals surface area contributed by atoms with Crippen molar-refractivity contribution in [3.8, 4) is 5.75 Å². The molecule has 1 spiro atoms. The number of hydrogen-bond acceptors (Lipinski definition) is 4. The first-order valence-corrected chi connectivity index (χ1v) is 12.4. The van der Waals surface area contributed by atoms with E-state index in [2.05, 4.69) is 36.2 Å². The van der Waals surface area contributed by atoms with Crippen LogP contribution in [0, 0.1) is 12.3 Å². The van der Waals surface area contributed by atoms with Gasteiger partial charge in [0, 0.05) is 49.3 Å². The van der Waals surface area contributed by atoms with E-state index in [0.29, 0.717) is 6.61 Å². The molecular weight excluding hydrogens is 412 g/mol. The Morgan fingerprint density at radius 1 is 0.909 bits per heavy atom. The Kier molecular flexibility index (Phi) is 8.05. The number of piperidine rings is 1.